The molecule has 4 nitrogen and oxygen atoms in total. The SMILES string of the molecule is [2H]C([2H])([2H])c1ccc2c(n1)oc1c(-c3ccc4cc(C)sc4n3)cccc12.[Ir].[c-]1ccccc1-c1ccccn1. The van der Waals surface area contributed by atoms with Gasteiger partial charge in [0, 0.05) is 62.7 Å². The average Bonchev–Trinajstić information content (AvgIpc) is 3.52. The molecule has 37 heavy (non-hydrogen) atoms. The predicted molar refractivity (Wildman–Crippen MR) is 148 cm³/mol. The summed E-state index contributed by atoms with van der Waals surface area (Å²) in [6.07, 6.45) is 1.79. The average molecular weight is 680 g/mol. The monoisotopic (exact) mass is 680 g/mol. The Kier molecular flexibility index (Phi) is 6.20. The molecule has 0 aliphatic carbocycles. The zero-order chi connectivity index (χ0) is 27.0. The fourth-order valence-electron chi connectivity index (χ4n) is 4.15. The number of para-hydroxylation sites is 1. The standard InChI is InChI=1S/C20H14N2OS.C11H8N.Ir/c1-11-6-8-15-14-4-3-5-16(18(14)23-19(15)21-11)17-9-7-13-10-12(2)24-20(13)22-17;1-2-6-10(7-3-1)11-8-4-5-9-12-11;/h3-10H,1-2H3;1-6,8-9H;/q;-1;/i1D3;;. The van der Waals surface area contributed by atoms with Crippen LogP contribution in [0.2, 0.25) is 0 Å². The first-order chi connectivity index (χ1) is 18.9. The number of aryl methyl sites for hydroxylation is 2. The number of nitrogens with zero attached hydrogens (tertiary/aromatic N) is 3. The van der Waals surface area contributed by atoms with Crippen molar-refractivity contribution in [2.24, 2.45) is 0 Å². The zero-order valence-electron chi connectivity index (χ0n) is 22.7. The molecule has 7 rings (SSSR count). The van der Waals surface area contributed by atoms with Crippen LogP contribution in [0.5, 0.6) is 0 Å². The van der Waals surface area contributed by atoms with Crippen molar-refractivity contribution >= 4 is 43.6 Å². The van der Waals surface area contributed by atoms with Crippen molar-refractivity contribution in [2.45, 2.75) is 13.8 Å². The molecule has 2 aromatic carbocycles. The summed E-state index contributed by atoms with van der Waals surface area (Å²) in [6.45, 7) is -0.195. The maximum Gasteiger partial charge on any atom is 0.227 e. The van der Waals surface area contributed by atoms with E-state index < -0.39 is 6.85 Å². The third-order valence-corrected chi connectivity index (χ3v) is 6.76. The molecule has 0 atom stereocenters. The number of fused-ring (bicyclic) bond motifs is 4. The van der Waals surface area contributed by atoms with E-state index in [9.17, 15) is 0 Å². The fourth-order valence-corrected chi connectivity index (χ4v) is 5.03. The van der Waals surface area contributed by atoms with Crippen LogP contribution in [-0.4, -0.2) is 15.0 Å². The molecule has 0 saturated heterocycles. The number of aromatic nitrogens is 3. The van der Waals surface area contributed by atoms with Gasteiger partial charge >= 0.3 is 0 Å². The minimum Gasteiger partial charge on any atom is -0.437 e. The quantitative estimate of drug-likeness (QED) is 0.172. The summed E-state index contributed by atoms with van der Waals surface area (Å²) >= 11 is 1.66. The maximum absolute atomic E-state index is 7.56. The molecule has 5 aromatic heterocycles. The summed E-state index contributed by atoms with van der Waals surface area (Å²) in [5.41, 5.74) is 4.74. The molecule has 183 valence electrons. The Morgan fingerprint density at radius 3 is 2.59 bits per heavy atom. The Balaban J connectivity index is 0.000000209. The molecule has 0 saturated carbocycles. The van der Waals surface area contributed by atoms with Gasteiger partial charge in [-0.2, -0.15) is 0 Å². The Hall–Kier alpha value is -3.70. The van der Waals surface area contributed by atoms with Crippen LogP contribution in [0.25, 0.3) is 54.8 Å². The van der Waals surface area contributed by atoms with Gasteiger partial charge in [-0.15, -0.1) is 47.2 Å². The van der Waals surface area contributed by atoms with E-state index in [1.54, 1.807) is 23.6 Å². The molecule has 0 aliphatic heterocycles. The summed E-state index contributed by atoms with van der Waals surface area (Å²) in [6, 6.07) is 32.2. The van der Waals surface area contributed by atoms with E-state index in [4.69, 9.17) is 13.5 Å². The second-order valence-electron chi connectivity index (χ2n) is 8.27. The van der Waals surface area contributed by atoms with Gasteiger partial charge in [0.2, 0.25) is 5.71 Å². The van der Waals surface area contributed by atoms with Crippen molar-refractivity contribution in [3.63, 3.8) is 0 Å². The molecule has 0 aliphatic rings. The number of thiophene rings is 1. The van der Waals surface area contributed by atoms with E-state index in [-0.39, 0.29) is 25.8 Å². The molecule has 0 bridgehead atoms. The minimum absolute atomic E-state index is 0. The first-order valence-electron chi connectivity index (χ1n) is 13.0. The van der Waals surface area contributed by atoms with Crippen molar-refractivity contribution < 1.29 is 28.6 Å². The van der Waals surface area contributed by atoms with Gasteiger partial charge in [-0.05, 0) is 61.9 Å². The van der Waals surface area contributed by atoms with Crippen molar-refractivity contribution in [3.05, 3.63) is 114 Å². The molecular formula is C31H22IrN3OS-. The largest absolute Gasteiger partial charge is 0.437 e. The Labute approximate surface area is 236 Å². The summed E-state index contributed by atoms with van der Waals surface area (Å²) < 4.78 is 28.7. The molecule has 0 unspecified atom stereocenters. The van der Waals surface area contributed by atoms with Gasteiger partial charge in [0.15, 0.2) is 0 Å². The van der Waals surface area contributed by atoms with Gasteiger partial charge in [-0.25, -0.2) is 9.97 Å². The zero-order valence-corrected chi connectivity index (χ0v) is 22.9. The van der Waals surface area contributed by atoms with E-state index in [1.165, 1.54) is 10.9 Å². The molecule has 0 N–H and O–H groups in total. The maximum atomic E-state index is 7.56. The van der Waals surface area contributed by atoms with Gasteiger partial charge in [-0.3, -0.25) is 0 Å². The van der Waals surface area contributed by atoms with Gasteiger partial charge in [0.25, 0.3) is 0 Å². The van der Waals surface area contributed by atoms with E-state index in [0.717, 1.165) is 43.5 Å². The van der Waals surface area contributed by atoms with Crippen molar-refractivity contribution in [1.82, 2.24) is 15.0 Å². The molecule has 1 radical (unpaired) electrons. The Morgan fingerprint density at radius 1 is 0.865 bits per heavy atom. The Bertz CT molecular complexity index is 1880. The Morgan fingerprint density at radius 2 is 1.78 bits per heavy atom. The topological polar surface area (TPSA) is 51.8 Å². The molecule has 5 heterocycles. The molecule has 7 aromatic rings. The van der Waals surface area contributed by atoms with E-state index in [1.807, 2.05) is 66.7 Å². The van der Waals surface area contributed by atoms with Crippen LogP contribution in [0.3, 0.4) is 0 Å². The first kappa shape index (κ1) is 21.4. The first-order valence-corrected chi connectivity index (χ1v) is 12.3. The summed E-state index contributed by atoms with van der Waals surface area (Å²) in [4.78, 5) is 15.4. The van der Waals surface area contributed by atoms with Crippen LogP contribution in [0.1, 0.15) is 14.7 Å². The summed E-state index contributed by atoms with van der Waals surface area (Å²) in [7, 11) is 0. The predicted octanol–water partition coefficient (Wildman–Crippen LogP) is 8.42. The van der Waals surface area contributed by atoms with Gasteiger partial charge < -0.3 is 9.40 Å². The number of pyridine rings is 3. The normalized spacial score (nSPS) is 12.3. The van der Waals surface area contributed by atoms with Gasteiger partial charge in [0.1, 0.15) is 10.4 Å². The fraction of sp³-hybridized carbons (Fsp3) is 0.0645. The minimum atomic E-state index is -2.26. The van der Waals surface area contributed by atoms with E-state index >= 15 is 0 Å². The van der Waals surface area contributed by atoms with Crippen LogP contribution in [0.15, 0.2) is 102 Å². The van der Waals surface area contributed by atoms with Crippen LogP contribution >= 0.6 is 11.3 Å². The van der Waals surface area contributed by atoms with Crippen LogP contribution in [0.4, 0.5) is 0 Å². The molecule has 0 spiro atoms. The van der Waals surface area contributed by atoms with Crippen LogP contribution in [-0.2, 0) is 20.1 Å². The van der Waals surface area contributed by atoms with Gasteiger partial charge in [-0.1, -0.05) is 24.3 Å². The van der Waals surface area contributed by atoms with E-state index in [2.05, 4.69) is 35.1 Å². The third-order valence-electron chi connectivity index (χ3n) is 5.80. The molecular weight excluding hydrogens is 655 g/mol. The molecule has 0 fully saturated rings. The van der Waals surface area contributed by atoms with Gasteiger partial charge in [0.05, 0.1) is 5.69 Å². The van der Waals surface area contributed by atoms with Crippen molar-refractivity contribution in [2.75, 3.05) is 0 Å². The van der Waals surface area contributed by atoms with E-state index in [0.29, 0.717) is 11.3 Å². The molecule has 0 amide bonds. The van der Waals surface area contributed by atoms with Crippen molar-refractivity contribution in [3.8, 4) is 22.5 Å². The van der Waals surface area contributed by atoms with Crippen LogP contribution in [0, 0.1) is 19.8 Å². The van der Waals surface area contributed by atoms with Crippen LogP contribution < -0.4 is 0 Å². The number of rotatable bonds is 2. The number of benzene rings is 2. The second-order valence-corrected chi connectivity index (χ2v) is 9.51. The smallest absolute Gasteiger partial charge is 0.227 e. The third kappa shape index (κ3) is 5.09. The number of hydrogen-bond acceptors (Lipinski definition) is 5. The molecule has 6 heteroatoms. The number of furan rings is 1. The second kappa shape index (κ2) is 10.7. The summed E-state index contributed by atoms with van der Waals surface area (Å²) in [5, 5.41) is 2.83. The van der Waals surface area contributed by atoms with Crippen molar-refractivity contribution in [1.29, 1.82) is 0 Å². The number of hydrogen-bond donors (Lipinski definition) is 0. The summed E-state index contributed by atoms with van der Waals surface area (Å²) in [5.74, 6) is 0.